The Bertz CT molecular complexity index is 1140. The van der Waals surface area contributed by atoms with Gasteiger partial charge in [0, 0.05) is 43.7 Å². The van der Waals surface area contributed by atoms with Gasteiger partial charge in [-0.15, -0.1) is 11.3 Å². The Morgan fingerprint density at radius 1 is 1.34 bits per heavy atom. The van der Waals surface area contributed by atoms with Gasteiger partial charge in [0.2, 0.25) is 5.91 Å². The van der Waals surface area contributed by atoms with Crippen LogP contribution >= 0.6 is 11.3 Å². The van der Waals surface area contributed by atoms with Crippen LogP contribution in [0.15, 0.2) is 42.0 Å². The second-order valence-corrected chi connectivity index (χ2v) is 8.39. The smallest absolute Gasteiger partial charge is 0.342 e. The van der Waals surface area contributed by atoms with Crippen LogP contribution in [0.25, 0.3) is 10.6 Å². The third kappa shape index (κ3) is 4.82. The van der Waals surface area contributed by atoms with Crippen LogP contribution in [-0.4, -0.2) is 44.6 Å². The normalized spacial score (nSPS) is 15.2. The first kappa shape index (κ1) is 22.0. The molecule has 1 aliphatic rings. The lowest BCUT2D eigenvalue weighted by Crippen LogP contribution is -2.38. The van der Waals surface area contributed by atoms with E-state index in [4.69, 9.17) is 0 Å². The average Bonchev–Trinajstić information content (AvgIpc) is 3.48. The zero-order chi connectivity index (χ0) is 22.9. The number of thiazole rings is 1. The van der Waals surface area contributed by atoms with E-state index in [1.54, 1.807) is 34.4 Å². The van der Waals surface area contributed by atoms with E-state index in [1.807, 2.05) is 0 Å². The van der Waals surface area contributed by atoms with E-state index >= 15 is 0 Å². The summed E-state index contributed by atoms with van der Waals surface area (Å²) in [5, 5.41) is 9.04. The predicted molar refractivity (Wildman–Crippen MR) is 112 cm³/mol. The van der Waals surface area contributed by atoms with E-state index in [0.29, 0.717) is 24.4 Å². The van der Waals surface area contributed by atoms with E-state index in [-0.39, 0.29) is 23.7 Å². The molecule has 0 radical (unpaired) electrons. The van der Waals surface area contributed by atoms with E-state index in [1.165, 1.54) is 23.5 Å². The molecule has 32 heavy (non-hydrogen) atoms. The number of nitrogens with zero attached hydrogens (tertiary/aromatic N) is 4. The molecule has 0 spiro atoms. The number of carbonyl (C=O) groups is 2. The number of hydrogen-bond donors (Lipinski definition) is 1. The van der Waals surface area contributed by atoms with Crippen molar-refractivity contribution in [3.8, 4) is 10.6 Å². The Kier molecular flexibility index (Phi) is 6.00. The molecular formula is C21H20F3N5O2S. The number of alkyl halides is 3. The molecule has 1 aromatic carbocycles. The van der Waals surface area contributed by atoms with Gasteiger partial charge in [0.25, 0.3) is 5.91 Å². The first-order valence-corrected chi connectivity index (χ1v) is 10.8. The van der Waals surface area contributed by atoms with Crippen LogP contribution in [-0.2, 0) is 18.0 Å². The van der Waals surface area contributed by atoms with Gasteiger partial charge in [-0.1, -0.05) is 12.1 Å². The Hall–Kier alpha value is -3.21. The highest BCUT2D eigenvalue weighted by molar-refractivity contribution is 7.13. The fourth-order valence-corrected chi connectivity index (χ4v) is 4.33. The van der Waals surface area contributed by atoms with Crippen molar-refractivity contribution in [1.29, 1.82) is 0 Å². The zero-order valence-corrected chi connectivity index (χ0v) is 17.9. The summed E-state index contributed by atoms with van der Waals surface area (Å²) in [6.07, 6.45) is -0.0378. The van der Waals surface area contributed by atoms with Crippen molar-refractivity contribution in [3.05, 3.63) is 58.9 Å². The highest BCUT2D eigenvalue weighted by Gasteiger charge is 2.32. The topological polar surface area (TPSA) is 80.1 Å². The van der Waals surface area contributed by atoms with Crippen LogP contribution in [0.5, 0.6) is 0 Å². The quantitative estimate of drug-likeness (QED) is 0.605. The Morgan fingerprint density at radius 3 is 2.81 bits per heavy atom. The maximum atomic E-state index is 13.2. The SMILES string of the molecule is Cn1cc(-c2nc(C(=O)NC(CN3CCCC3=O)c3cccc(C(F)(F)F)c3)cs2)cn1. The summed E-state index contributed by atoms with van der Waals surface area (Å²) in [6, 6.07) is 3.99. The molecule has 1 N–H and O–H groups in total. The summed E-state index contributed by atoms with van der Waals surface area (Å²) in [4.78, 5) is 30.9. The van der Waals surface area contributed by atoms with Crippen molar-refractivity contribution in [2.45, 2.75) is 25.1 Å². The number of aromatic nitrogens is 3. The molecule has 1 atom stereocenters. The minimum absolute atomic E-state index is 0.0799. The van der Waals surface area contributed by atoms with Crippen LogP contribution in [0.3, 0.4) is 0 Å². The zero-order valence-electron chi connectivity index (χ0n) is 17.1. The summed E-state index contributed by atoms with van der Waals surface area (Å²) in [5.41, 5.74) is 0.373. The van der Waals surface area contributed by atoms with E-state index in [0.717, 1.165) is 17.7 Å². The largest absolute Gasteiger partial charge is 0.416 e. The third-order valence-corrected chi connectivity index (χ3v) is 6.08. The first-order chi connectivity index (χ1) is 15.2. The molecule has 1 saturated heterocycles. The van der Waals surface area contributed by atoms with Gasteiger partial charge in [0.1, 0.15) is 10.7 Å². The van der Waals surface area contributed by atoms with Crippen LogP contribution < -0.4 is 5.32 Å². The van der Waals surface area contributed by atoms with Crippen LogP contribution in [0.2, 0.25) is 0 Å². The number of halogens is 3. The molecule has 1 aliphatic heterocycles. The van der Waals surface area contributed by atoms with Crippen LogP contribution in [0, 0.1) is 0 Å². The highest BCUT2D eigenvalue weighted by Crippen LogP contribution is 2.31. The number of nitrogens with one attached hydrogen (secondary N) is 1. The molecule has 168 valence electrons. The lowest BCUT2D eigenvalue weighted by atomic mass is 10.0. The van der Waals surface area contributed by atoms with Gasteiger partial charge in [-0.25, -0.2) is 4.98 Å². The molecule has 1 unspecified atom stereocenters. The fourth-order valence-electron chi connectivity index (χ4n) is 3.56. The number of carbonyl (C=O) groups excluding carboxylic acids is 2. The van der Waals surface area contributed by atoms with E-state index in [9.17, 15) is 22.8 Å². The highest BCUT2D eigenvalue weighted by atomic mass is 32.1. The number of benzene rings is 1. The maximum Gasteiger partial charge on any atom is 0.416 e. The predicted octanol–water partition coefficient (Wildman–Crippen LogP) is 3.66. The number of amides is 2. The number of aryl methyl sites for hydroxylation is 1. The van der Waals surface area contributed by atoms with E-state index in [2.05, 4.69) is 15.4 Å². The third-order valence-electron chi connectivity index (χ3n) is 5.18. The Balaban J connectivity index is 1.58. The average molecular weight is 463 g/mol. The van der Waals surface area contributed by atoms with Gasteiger partial charge in [-0.3, -0.25) is 14.3 Å². The van der Waals surface area contributed by atoms with Gasteiger partial charge >= 0.3 is 6.18 Å². The minimum atomic E-state index is -4.51. The van der Waals surface area contributed by atoms with E-state index < -0.39 is 23.7 Å². The van der Waals surface area contributed by atoms with Crippen molar-refractivity contribution in [2.75, 3.05) is 13.1 Å². The van der Waals surface area contributed by atoms with Crippen molar-refractivity contribution in [3.63, 3.8) is 0 Å². The monoisotopic (exact) mass is 463 g/mol. The van der Waals surface area contributed by atoms with Crippen molar-refractivity contribution in [2.24, 2.45) is 7.05 Å². The fraction of sp³-hybridized carbons (Fsp3) is 0.333. The summed E-state index contributed by atoms with van der Waals surface area (Å²) in [7, 11) is 1.77. The van der Waals surface area contributed by atoms with Crippen molar-refractivity contribution >= 4 is 23.2 Å². The molecule has 3 heterocycles. The summed E-state index contributed by atoms with van der Waals surface area (Å²) in [5.74, 6) is -0.603. The van der Waals surface area contributed by atoms with Gasteiger partial charge in [-0.05, 0) is 24.1 Å². The molecule has 0 aliphatic carbocycles. The summed E-state index contributed by atoms with van der Waals surface area (Å²) >= 11 is 1.27. The first-order valence-electron chi connectivity index (χ1n) is 9.91. The molecular weight excluding hydrogens is 443 g/mol. The van der Waals surface area contributed by atoms with Gasteiger partial charge in [0.15, 0.2) is 0 Å². The number of hydrogen-bond acceptors (Lipinski definition) is 5. The molecule has 4 rings (SSSR count). The second-order valence-electron chi connectivity index (χ2n) is 7.53. The van der Waals surface area contributed by atoms with Gasteiger partial charge in [0.05, 0.1) is 17.8 Å². The van der Waals surface area contributed by atoms with Gasteiger partial charge in [-0.2, -0.15) is 18.3 Å². The lowest BCUT2D eigenvalue weighted by molar-refractivity contribution is -0.137. The Labute approximate surface area is 185 Å². The van der Waals surface area contributed by atoms with Gasteiger partial charge < -0.3 is 10.2 Å². The molecule has 2 aromatic heterocycles. The number of rotatable bonds is 6. The molecule has 11 heteroatoms. The summed E-state index contributed by atoms with van der Waals surface area (Å²) < 4.78 is 41.3. The van der Waals surface area contributed by atoms with Crippen LogP contribution in [0.4, 0.5) is 13.2 Å². The summed E-state index contributed by atoms with van der Waals surface area (Å²) in [6.45, 7) is 0.595. The second kappa shape index (κ2) is 8.73. The molecule has 3 aromatic rings. The Morgan fingerprint density at radius 2 is 2.16 bits per heavy atom. The molecule has 0 bridgehead atoms. The van der Waals surface area contributed by atoms with Crippen molar-refractivity contribution in [1.82, 2.24) is 25.0 Å². The standard InChI is InChI=1S/C21H20F3N5O2S/c1-28-10-14(9-25-28)20-27-17(12-32-20)19(31)26-16(11-29-7-3-6-18(29)30)13-4-2-5-15(8-13)21(22,23)24/h2,4-5,8-10,12,16H,3,6-7,11H2,1H3,(H,26,31). The maximum absolute atomic E-state index is 13.2. The lowest BCUT2D eigenvalue weighted by Gasteiger charge is -2.25. The molecule has 1 fully saturated rings. The van der Waals surface area contributed by atoms with Crippen LogP contribution in [0.1, 0.15) is 40.5 Å². The molecule has 2 amide bonds. The minimum Gasteiger partial charge on any atom is -0.342 e. The number of likely N-dealkylation sites (tertiary alicyclic amines) is 1. The molecule has 0 saturated carbocycles. The molecule has 7 nitrogen and oxygen atoms in total. The van der Waals surface area contributed by atoms with Crippen molar-refractivity contribution < 1.29 is 22.8 Å².